The minimum absolute atomic E-state index is 0.194. The first-order valence-electron chi connectivity index (χ1n) is 5.34. The smallest absolute Gasteiger partial charge is 0.0585 e. The number of nitrogens with one attached hydrogen (secondary N) is 1. The Morgan fingerprint density at radius 3 is 2.81 bits per heavy atom. The molecule has 1 unspecified atom stereocenters. The summed E-state index contributed by atoms with van der Waals surface area (Å²) < 4.78 is 1.11. The van der Waals surface area contributed by atoms with Gasteiger partial charge in [0.05, 0.1) is 6.61 Å². The zero-order chi connectivity index (χ0) is 11.8. The summed E-state index contributed by atoms with van der Waals surface area (Å²) in [5.41, 5.74) is 1.23. The van der Waals surface area contributed by atoms with Gasteiger partial charge < -0.3 is 10.4 Å². The Morgan fingerprint density at radius 2 is 2.19 bits per heavy atom. The van der Waals surface area contributed by atoms with Gasteiger partial charge in [-0.15, -0.1) is 0 Å². The first kappa shape index (κ1) is 14.0. The minimum Gasteiger partial charge on any atom is -0.395 e. The predicted octanol–water partition coefficient (Wildman–Crippen LogP) is 2.65. The molecule has 0 bridgehead atoms. The fraction of sp³-hybridized carbons (Fsp3) is 0.500. The molecule has 0 saturated carbocycles. The van der Waals surface area contributed by atoms with Crippen molar-refractivity contribution in [3.63, 3.8) is 0 Å². The summed E-state index contributed by atoms with van der Waals surface area (Å²) in [6, 6.07) is 8.34. The number of hydrogen-bond donors (Lipinski definition) is 2. The van der Waals surface area contributed by atoms with Crippen molar-refractivity contribution < 1.29 is 5.11 Å². The quantitative estimate of drug-likeness (QED) is 0.812. The summed E-state index contributed by atoms with van der Waals surface area (Å²) in [5.74, 6) is 1.08. The predicted molar refractivity (Wildman–Crippen MR) is 74.9 cm³/mol. The third-order valence-corrected chi connectivity index (χ3v) is 3.85. The molecule has 90 valence electrons. The molecule has 0 aliphatic heterocycles. The van der Waals surface area contributed by atoms with E-state index in [1.54, 1.807) is 0 Å². The zero-order valence-electron chi connectivity index (χ0n) is 9.45. The van der Waals surface area contributed by atoms with E-state index in [1.165, 1.54) is 5.56 Å². The van der Waals surface area contributed by atoms with E-state index in [9.17, 15) is 5.11 Å². The normalized spacial score (nSPS) is 12.7. The van der Waals surface area contributed by atoms with E-state index in [2.05, 4.69) is 33.6 Å². The number of aliphatic hydroxyl groups excluding tert-OH is 1. The van der Waals surface area contributed by atoms with E-state index >= 15 is 0 Å². The Hall–Kier alpha value is -0.0300. The van der Waals surface area contributed by atoms with E-state index in [0.29, 0.717) is 0 Å². The molecule has 0 aliphatic carbocycles. The van der Waals surface area contributed by atoms with E-state index < -0.39 is 0 Å². The Labute approximate surface area is 110 Å². The van der Waals surface area contributed by atoms with Crippen molar-refractivity contribution in [1.82, 2.24) is 5.32 Å². The molecule has 0 radical (unpaired) electrons. The molecule has 2 N–H and O–H groups in total. The molecule has 2 nitrogen and oxygen atoms in total. The highest BCUT2D eigenvalue weighted by molar-refractivity contribution is 9.10. The van der Waals surface area contributed by atoms with Gasteiger partial charge in [0.15, 0.2) is 0 Å². The summed E-state index contributed by atoms with van der Waals surface area (Å²) in [6.45, 7) is 0.992. The van der Waals surface area contributed by atoms with E-state index in [4.69, 9.17) is 0 Å². The fourth-order valence-corrected chi connectivity index (χ4v) is 2.36. The Bertz CT molecular complexity index is 309. The van der Waals surface area contributed by atoms with Gasteiger partial charge in [0.25, 0.3) is 0 Å². The second-order valence-corrected chi connectivity index (χ2v) is 5.47. The number of aliphatic hydroxyl groups is 1. The van der Waals surface area contributed by atoms with Crippen LogP contribution in [0.2, 0.25) is 0 Å². The van der Waals surface area contributed by atoms with Crippen LogP contribution in [-0.2, 0) is 6.54 Å². The maximum absolute atomic E-state index is 9.22. The molecule has 4 heteroatoms. The Kier molecular flexibility index (Phi) is 7.12. The van der Waals surface area contributed by atoms with Crippen LogP contribution in [0.4, 0.5) is 0 Å². The molecule has 0 fully saturated rings. The van der Waals surface area contributed by atoms with E-state index in [-0.39, 0.29) is 12.6 Å². The lowest BCUT2D eigenvalue weighted by molar-refractivity contribution is 0.239. The van der Waals surface area contributed by atoms with Crippen LogP contribution in [0, 0.1) is 0 Å². The van der Waals surface area contributed by atoms with Crippen LogP contribution < -0.4 is 5.32 Å². The molecule has 1 aromatic carbocycles. The lowest BCUT2D eigenvalue weighted by atomic mass is 10.2. The van der Waals surface area contributed by atoms with Crippen molar-refractivity contribution in [3.05, 3.63) is 34.3 Å². The first-order chi connectivity index (χ1) is 7.77. The van der Waals surface area contributed by atoms with Crippen molar-refractivity contribution in [2.24, 2.45) is 0 Å². The van der Waals surface area contributed by atoms with Gasteiger partial charge in [0.1, 0.15) is 0 Å². The average molecular weight is 304 g/mol. The van der Waals surface area contributed by atoms with Crippen molar-refractivity contribution >= 4 is 27.7 Å². The van der Waals surface area contributed by atoms with Crippen molar-refractivity contribution in [3.8, 4) is 0 Å². The maximum atomic E-state index is 9.22. The second-order valence-electron chi connectivity index (χ2n) is 3.63. The van der Waals surface area contributed by atoms with Crippen LogP contribution in [0.25, 0.3) is 0 Å². The van der Waals surface area contributed by atoms with E-state index in [0.717, 1.165) is 23.2 Å². The highest BCUT2D eigenvalue weighted by Gasteiger charge is 2.06. The number of thioether (sulfide) groups is 1. The van der Waals surface area contributed by atoms with Crippen molar-refractivity contribution in [2.45, 2.75) is 19.0 Å². The van der Waals surface area contributed by atoms with Gasteiger partial charge in [-0.25, -0.2) is 0 Å². The Balaban J connectivity index is 2.40. The number of benzene rings is 1. The Morgan fingerprint density at radius 1 is 1.44 bits per heavy atom. The van der Waals surface area contributed by atoms with Gasteiger partial charge in [-0.2, -0.15) is 11.8 Å². The van der Waals surface area contributed by atoms with Gasteiger partial charge >= 0.3 is 0 Å². The van der Waals surface area contributed by atoms with Crippen molar-refractivity contribution in [2.75, 3.05) is 18.6 Å². The maximum Gasteiger partial charge on any atom is 0.0585 e. The minimum atomic E-state index is 0.194. The van der Waals surface area contributed by atoms with Gasteiger partial charge in [0, 0.05) is 17.1 Å². The highest BCUT2D eigenvalue weighted by atomic mass is 79.9. The summed E-state index contributed by atoms with van der Waals surface area (Å²) in [6.07, 6.45) is 3.09. The molecular formula is C12H18BrNOS. The summed E-state index contributed by atoms with van der Waals surface area (Å²) in [7, 11) is 0. The molecule has 0 aliphatic rings. The number of rotatable bonds is 7. The fourth-order valence-electron chi connectivity index (χ4n) is 1.41. The van der Waals surface area contributed by atoms with Gasteiger partial charge in [-0.05, 0) is 30.1 Å². The average Bonchev–Trinajstić information content (AvgIpc) is 2.31. The topological polar surface area (TPSA) is 32.3 Å². The summed E-state index contributed by atoms with van der Waals surface area (Å²) >= 11 is 5.32. The van der Waals surface area contributed by atoms with Gasteiger partial charge in [0.2, 0.25) is 0 Å². The lowest BCUT2D eigenvalue weighted by Gasteiger charge is -2.16. The summed E-state index contributed by atoms with van der Waals surface area (Å²) in [5, 5.41) is 12.6. The van der Waals surface area contributed by atoms with Crippen LogP contribution in [0.5, 0.6) is 0 Å². The molecule has 0 aromatic heterocycles. The largest absolute Gasteiger partial charge is 0.395 e. The van der Waals surface area contributed by atoms with Gasteiger partial charge in [-0.3, -0.25) is 0 Å². The van der Waals surface area contributed by atoms with Crippen LogP contribution in [0.15, 0.2) is 28.7 Å². The second kappa shape index (κ2) is 8.12. The summed E-state index contributed by atoms with van der Waals surface area (Å²) in [4.78, 5) is 0. The molecular weight excluding hydrogens is 286 g/mol. The van der Waals surface area contributed by atoms with Crippen LogP contribution in [-0.4, -0.2) is 29.8 Å². The van der Waals surface area contributed by atoms with Crippen LogP contribution in [0.3, 0.4) is 0 Å². The molecule has 0 amide bonds. The molecule has 0 saturated heterocycles. The van der Waals surface area contributed by atoms with Crippen LogP contribution >= 0.6 is 27.7 Å². The van der Waals surface area contributed by atoms with E-state index in [1.807, 2.05) is 30.0 Å². The van der Waals surface area contributed by atoms with Gasteiger partial charge in [-0.1, -0.05) is 34.1 Å². The SMILES string of the molecule is CSCCC(CO)NCc1ccccc1Br. The standard InChI is InChI=1S/C12H18BrNOS/c1-16-7-6-11(9-15)14-8-10-4-2-3-5-12(10)13/h2-5,11,14-15H,6-9H2,1H3. The molecule has 0 spiro atoms. The number of hydrogen-bond acceptors (Lipinski definition) is 3. The molecule has 16 heavy (non-hydrogen) atoms. The first-order valence-corrected chi connectivity index (χ1v) is 7.53. The highest BCUT2D eigenvalue weighted by Crippen LogP contribution is 2.15. The zero-order valence-corrected chi connectivity index (χ0v) is 11.9. The van der Waals surface area contributed by atoms with Crippen molar-refractivity contribution in [1.29, 1.82) is 0 Å². The molecule has 1 atom stereocenters. The molecule has 0 heterocycles. The lowest BCUT2D eigenvalue weighted by Crippen LogP contribution is -2.32. The monoisotopic (exact) mass is 303 g/mol. The molecule has 1 aromatic rings. The number of halogens is 1. The third kappa shape index (κ3) is 4.87. The molecule has 1 rings (SSSR count). The third-order valence-electron chi connectivity index (χ3n) is 2.43. The van der Waals surface area contributed by atoms with Crippen LogP contribution in [0.1, 0.15) is 12.0 Å².